The lowest BCUT2D eigenvalue weighted by Gasteiger charge is -2.20. The van der Waals surface area contributed by atoms with E-state index >= 15 is 0 Å². The fourth-order valence-corrected chi connectivity index (χ4v) is 2.49. The Morgan fingerprint density at radius 2 is 1.79 bits per heavy atom. The zero-order chi connectivity index (χ0) is 18.1. The fourth-order valence-electron chi connectivity index (χ4n) is 2.33. The van der Waals surface area contributed by atoms with E-state index in [-0.39, 0.29) is 34.8 Å². The van der Waals surface area contributed by atoms with Crippen LogP contribution in [0, 0.1) is 11.8 Å². The minimum atomic E-state index is -0.518. The molecule has 0 aliphatic heterocycles. The first-order valence-corrected chi connectivity index (χ1v) is 8.01. The number of hydrogen-bond donors (Lipinski definition) is 2. The number of anilines is 1. The van der Waals surface area contributed by atoms with E-state index in [0.29, 0.717) is 17.1 Å². The van der Waals surface area contributed by atoms with E-state index in [0.717, 1.165) is 0 Å². The number of esters is 1. The van der Waals surface area contributed by atoms with Crippen molar-refractivity contribution in [2.45, 2.75) is 32.7 Å². The van der Waals surface area contributed by atoms with Gasteiger partial charge in [0.25, 0.3) is 0 Å². The second kappa shape index (κ2) is 6.81. The van der Waals surface area contributed by atoms with Gasteiger partial charge in [0.05, 0.1) is 35.2 Å². The molecule has 0 saturated heterocycles. The molecule has 0 aromatic heterocycles. The van der Waals surface area contributed by atoms with E-state index in [1.54, 1.807) is 0 Å². The van der Waals surface area contributed by atoms with Crippen LogP contribution in [0.1, 0.15) is 37.6 Å². The number of hydrogen-bond acceptors (Lipinski definition) is 4. The topological polar surface area (TPSA) is 84.5 Å². The summed E-state index contributed by atoms with van der Waals surface area (Å²) in [5.41, 5.74) is 0.278. The van der Waals surface area contributed by atoms with Gasteiger partial charge in [-0.05, 0) is 45.4 Å². The molecule has 0 radical (unpaired) electrons. The van der Waals surface area contributed by atoms with E-state index in [2.05, 4.69) is 15.4 Å². The van der Waals surface area contributed by atoms with E-state index < -0.39 is 5.97 Å². The van der Waals surface area contributed by atoms with Crippen molar-refractivity contribution in [3.63, 3.8) is 0 Å². The third-order valence-electron chi connectivity index (χ3n) is 3.61. The molecule has 2 N–H and O–H groups in total. The molecule has 7 heteroatoms. The van der Waals surface area contributed by atoms with Crippen molar-refractivity contribution in [2.24, 2.45) is 11.8 Å². The van der Waals surface area contributed by atoms with Crippen LogP contribution in [0.5, 0.6) is 0 Å². The van der Waals surface area contributed by atoms with Crippen molar-refractivity contribution < 1.29 is 19.1 Å². The minimum absolute atomic E-state index is 0.128. The van der Waals surface area contributed by atoms with Crippen LogP contribution in [-0.2, 0) is 14.3 Å². The molecule has 1 aliphatic carbocycles. The summed E-state index contributed by atoms with van der Waals surface area (Å²) in [5, 5.41) is 5.86. The summed E-state index contributed by atoms with van der Waals surface area (Å²) >= 11 is 6.05. The number of nitrogens with one attached hydrogen (secondary N) is 2. The van der Waals surface area contributed by atoms with Crippen LogP contribution in [0.3, 0.4) is 0 Å². The zero-order valence-corrected chi connectivity index (χ0v) is 14.9. The number of carbonyl (C=O) groups is 3. The first-order valence-electron chi connectivity index (χ1n) is 7.63. The Morgan fingerprint density at radius 3 is 2.38 bits per heavy atom. The predicted octanol–water partition coefficient (Wildman–Crippen LogP) is 2.62. The van der Waals surface area contributed by atoms with Gasteiger partial charge in [-0.2, -0.15) is 0 Å². The van der Waals surface area contributed by atoms with Gasteiger partial charge in [0.1, 0.15) is 0 Å². The molecule has 1 saturated carbocycles. The Kier molecular flexibility index (Phi) is 5.18. The van der Waals surface area contributed by atoms with Crippen molar-refractivity contribution in [3.8, 4) is 0 Å². The molecule has 2 unspecified atom stereocenters. The van der Waals surface area contributed by atoms with Crippen molar-refractivity contribution in [1.29, 1.82) is 0 Å². The number of methoxy groups -OCH3 is 1. The monoisotopic (exact) mass is 352 g/mol. The average molecular weight is 353 g/mol. The largest absolute Gasteiger partial charge is 0.465 e. The second-order valence-electron chi connectivity index (χ2n) is 6.86. The Bertz CT molecular complexity index is 682. The summed E-state index contributed by atoms with van der Waals surface area (Å²) in [5.74, 6) is -1.64. The Morgan fingerprint density at radius 1 is 1.17 bits per heavy atom. The van der Waals surface area contributed by atoms with Gasteiger partial charge in [0.2, 0.25) is 11.8 Å². The molecule has 130 valence electrons. The van der Waals surface area contributed by atoms with Gasteiger partial charge in [0.15, 0.2) is 0 Å². The number of amides is 2. The normalized spacial score (nSPS) is 19.4. The molecule has 6 nitrogen and oxygen atoms in total. The molecule has 1 fully saturated rings. The highest BCUT2D eigenvalue weighted by molar-refractivity contribution is 6.34. The maximum atomic E-state index is 12.3. The van der Waals surface area contributed by atoms with Crippen LogP contribution in [0.25, 0.3) is 0 Å². The molecule has 2 atom stereocenters. The molecule has 0 bridgehead atoms. The third kappa shape index (κ3) is 4.47. The van der Waals surface area contributed by atoms with Crippen LogP contribution in [0.15, 0.2) is 18.2 Å². The third-order valence-corrected chi connectivity index (χ3v) is 3.94. The predicted molar refractivity (Wildman–Crippen MR) is 90.9 cm³/mol. The molecule has 0 heterocycles. The number of halogens is 1. The van der Waals surface area contributed by atoms with Crippen LogP contribution < -0.4 is 10.6 Å². The van der Waals surface area contributed by atoms with Gasteiger partial charge in [-0.25, -0.2) is 4.79 Å². The molecule has 1 aromatic rings. The van der Waals surface area contributed by atoms with Gasteiger partial charge >= 0.3 is 5.97 Å². The summed E-state index contributed by atoms with van der Waals surface area (Å²) in [6, 6.07) is 4.49. The SMILES string of the molecule is COC(=O)c1ccc(Cl)c(NC(=O)C2CC2C(=O)NC(C)(C)C)c1. The highest BCUT2D eigenvalue weighted by atomic mass is 35.5. The first-order chi connectivity index (χ1) is 11.1. The summed E-state index contributed by atoms with van der Waals surface area (Å²) in [4.78, 5) is 35.9. The summed E-state index contributed by atoms with van der Waals surface area (Å²) in [7, 11) is 1.28. The maximum Gasteiger partial charge on any atom is 0.337 e. The Balaban J connectivity index is 2.01. The molecular weight excluding hydrogens is 332 g/mol. The van der Waals surface area contributed by atoms with Gasteiger partial charge in [-0.3, -0.25) is 9.59 Å². The molecule has 2 rings (SSSR count). The first kappa shape index (κ1) is 18.3. The van der Waals surface area contributed by atoms with Gasteiger partial charge in [-0.1, -0.05) is 11.6 Å². The van der Waals surface area contributed by atoms with Gasteiger partial charge in [-0.15, -0.1) is 0 Å². The van der Waals surface area contributed by atoms with Gasteiger partial charge < -0.3 is 15.4 Å². The van der Waals surface area contributed by atoms with Crippen molar-refractivity contribution >= 4 is 35.1 Å². The molecular formula is C17H21ClN2O4. The number of ether oxygens (including phenoxy) is 1. The van der Waals surface area contributed by atoms with Crippen LogP contribution in [0.4, 0.5) is 5.69 Å². The zero-order valence-electron chi connectivity index (χ0n) is 14.1. The van der Waals surface area contributed by atoms with Crippen LogP contribution >= 0.6 is 11.6 Å². The number of rotatable bonds is 4. The highest BCUT2D eigenvalue weighted by Crippen LogP contribution is 2.40. The van der Waals surface area contributed by atoms with E-state index in [1.807, 2.05) is 20.8 Å². The second-order valence-corrected chi connectivity index (χ2v) is 7.27. The van der Waals surface area contributed by atoms with Gasteiger partial charge in [0, 0.05) is 5.54 Å². The van der Waals surface area contributed by atoms with Crippen molar-refractivity contribution in [3.05, 3.63) is 28.8 Å². The van der Waals surface area contributed by atoms with E-state index in [4.69, 9.17) is 11.6 Å². The van der Waals surface area contributed by atoms with E-state index in [9.17, 15) is 14.4 Å². The van der Waals surface area contributed by atoms with E-state index in [1.165, 1.54) is 25.3 Å². The average Bonchev–Trinajstić information content (AvgIpc) is 3.27. The molecule has 2 amide bonds. The van der Waals surface area contributed by atoms with Crippen LogP contribution in [-0.4, -0.2) is 30.4 Å². The molecule has 0 spiro atoms. The number of carbonyl (C=O) groups excluding carboxylic acids is 3. The quantitative estimate of drug-likeness (QED) is 0.816. The molecule has 24 heavy (non-hydrogen) atoms. The fraction of sp³-hybridized carbons (Fsp3) is 0.471. The van der Waals surface area contributed by atoms with Crippen molar-refractivity contribution in [1.82, 2.24) is 5.32 Å². The summed E-state index contributed by atoms with van der Waals surface area (Å²) < 4.78 is 4.64. The van der Waals surface area contributed by atoms with Crippen LogP contribution in [0.2, 0.25) is 5.02 Å². The molecule has 1 aliphatic rings. The smallest absolute Gasteiger partial charge is 0.337 e. The highest BCUT2D eigenvalue weighted by Gasteiger charge is 2.48. The lowest BCUT2D eigenvalue weighted by molar-refractivity contribution is -0.126. The van der Waals surface area contributed by atoms with Crippen molar-refractivity contribution in [2.75, 3.05) is 12.4 Å². The summed E-state index contributed by atoms with van der Waals surface area (Å²) in [6.07, 6.45) is 0.502. The molecule has 1 aromatic carbocycles. The standard InChI is InChI=1S/C17H21ClN2O4/c1-17(2,3)20-15(22)11-8-10(11)14(21)19-13-7-9(16(23)24-4)5-6-12(13)18/h5-7,10-11H,8H2,1-4H3,(H,19,21)(H,20,22). The Labute approximate surface area is 145 Å². The number of benzene rings is 1. The summed E-state index contributed by atoms with van der Waals surface area (Å²) in [6.45, 7) is 5.67. The maximum absolute atomic E-state index is 12.3. The lowest BCUT2D eigenvalue weighted by Crippen LogP contribution is -2.42. The minimum Gasteiger partial charge on any atom is -0.465 e. The lowest BCUT2D eigenvalue weighted by atomic mass is 10.1. The Hall–Kier alpha value is -2.08.